The van der Waals surface area contributed by atoms with Crippen LogP contribution in [0.15, 0.2) is 24.3 Å². The lowest BCUT2D eigenvalue weighted by molar-refractivity contribution is -0.127. The van der Waals surface area contributed by atoms with Gasteiger partial charge in [0.05, 0.1) is 0 Å². The van der Waals surface area contributed by atoms with Crippen LogP contribution in [-0.2, 0) is 4.79 Å². The molecule has 3 aliphatic rings. The molecule has 0 aromatic heterocycles. The fraction of sp³-hybridized carbons (Fsp3) is 0.650. The fourth-order valence-electron chi connectivity index (χ4n) is 4.55. The number of carbonyl (C=O) groups excluding carboxylic acids is 1. The van der Waals surface area contributed by atoms with Gasteiger partial charge in [-0.05, 0) is 36.6 Å². The summed E-state index contributed by atoms with van der Waals surface area (Å²) in [4.78, 5) is 20.9. The number of piperazine rings is 1. The van der Waals surface area contributed by atoms with Gasteiger partial charge in [0, 0.05) is 77.6 Å². The van der Waals surface area contributed by atoms with Crippen molar-refractivity contribution in [3.8, 4) is 0 Å². The van der Waals surface area contributed by atoms with E-state index in [0.717, 1.165) is 71.0 Å². The Labute approximate surface area is 155 Å². The number of likely N-dealkylation sites (tertiary alicyclic amines) is 2. The van der Waals surface area contributed by atoms with Crippen LogP contribution in [0.4, 0.5) is 10.1 Å². The molecule has 3 fully saturated rings. The van der Waals surface area contributed by atoms with E-state index in [0.29, 0.717) is 12.0 Å². The summed E-state index contributed by atoms with van der Waals surface area (Å²) in [6.45, 7) is 11.2. The number of amides is 1. The predicted molar refractivity (Wildman–Crippen MR) is 101 cm³/mol. The maximum absolute atomic E-state index is 13.1. The Kier molecular flexibility index (Phi) is 5.14. The molecular formula is C20H29FN4O. The van der Waals surface area contributed by atoms with Crippen LogP contribution in [0, 0.1) is 11.7 Å². The maximum atomic E-state index is 13.1. The van der Waals surface area contributed by atoms with Crippen molar-refractivity contribution in [3.63, 3.8) is 0 Å². The van der Waals surface area contributed by atoms with Crippen LogP contribution in [0.1, 0.15) is 13.3 Å². The lowest BCUT2D eigenvalue weighted by Crippen LogP contribution is -2.63. The van der Waals surface area contributed by atoms with Crippen molar-refractivity contribution in [3.05, 3.63) is 30.1 Å². The van der Waals surface area contributed by atoms with Crippen LogP contribution >= 0.6 is 0 Å². The van der Waals surface area contributed by atoms with Gasteiger partial charge < -0.3 is 9.80 Å². The van der Waals surface area contributed by atoms with E-state index in [1.165, 1.54) is 0 Å². The molecule has 142 valence electrons. The van der Waals surface area contributed by atoms with Gasteiger partial charge >= 0.3 is 0 Å². The summed E-state index contributed by atoms with van der Waals surface area (Å²) in [7, 11) is 0. The Bertz CT molecular complexity index is 623. The van der Waals surface area contributed by atoms with Gasteiger partial charge in [-0.15, -0.1) is 0 Å². The highest BCUT2D eigenvalue weighted by molar-refractivity contribution is 5.73. The van der Waals surface area contributed by atoms with Gasteiger partial charge in [-0.3, -0.25) is 14.6 Å². The molecule has 1 unspecified atom stereocenters. The summed E-state index contributed by atoms with van der Waals surface area (Å²) in [5.41, 5.74) is 1.12. The number of benzene rings is 1. The molecule has 1 aromatic rings. The number of halogens is 1. The first-order valence-electron chi connectivity index (χ1n) is 9.81. The van der Waals surface area contributed by atoms with Gasteiger partial charge in [0.15, 0.2) is 0 Å². The number of hydrogen-bond donors (Lipinski definition) is 0. The third-order valence-electron chi connectivity index (χ3n) is 6.21. The maximum Gasteiger partial charge on any atom is 0.219 e. The molecule has 0 N–H and O–H groups in total. The standard InChI is InChI=1S/C20H29FN4O/c1-16(26)25-7-6-17(13-25)12-22-14-20(15-22)24-10-8-23(9-11-24)19-4-2-18(21)3-5-19/h2-5,17,20H,6-15H2,1H3. The van der Waals surface area contributed by atoms with Crippen molar-refractivity contribution < 1.29 is 9.18 Å². The summed E-state index contributed by atoms with van der Waals surface area (Å²) >= 11 is 0. The van der Waals surface area contributed by atoms with E-state index in [4.69, 9.17) is 0 Å². The number of nitrogens with zero attached hydrogens (tertiary/aromatic N) is 4. The molecular weight excluding hydrogens is 331 g/mol. The predicted octanol–water partition coefficient (Wildman–Crippen LogP) is 1.50. The van der Waals surface area contributed by atoms with E-state index in [2.05, 4.69) is 14.7 Å². The lowest BCUT2D eigenvalue weighted by atomic mass is 10.0. The minimum Gasteiger partial charge on any atom is -0.369 e. The third kappa shape index (κ3) is 3.86. The molecule has 1 aromatic carbocycles. The van der Waals surface area contributed by atoms with Gasteiger partial charge in [0.1, 0.15) is 5.82 Å². The number of carbonyl (C=O) groups is 1. The number of anilines is 1. The van der Waals surface area contributed by atoms with Crippen LogP contribution < -0.4 is 4.90 Å². The largest absolute Gasteiger partial charge is 0.369 e. The zero-order chi connectivity index (χ0) is 18.1. The van der Waals surface area contributed by atoms with E-state index in [9.17, 15) is 9.18 Å². The normalized spacial score (nSPS) is 25.5. The van der Waals surface area contributed by atoms with Gasteiger partial charge in [-0.1, -0.05) is 0 Å². The van der Waals surface area contributed by atoms with E-state index in [1.54, 1.807) is 19.1 Å². The van der Waals surface area contributed by atoms with Gasteiger partial charge in [-0.2, -0.15) is 0 Å². The second-order valence-electron chi connectivity index (χ2n) is 7.99. The molecule has 0 spiro atoms. The Morgan fingerprint density at radius 2 is 1.73 bits per heavy atom. The summed E-state index contributed by atoms with van der Waals surface area (Å²) in [6, 6.07) is 7.52. The number of rotatable bonds is 4. The minimum atomic E-state index is -0.171. The molecule has 3 heterocycles. The molecule has 1 amide bonds. The highest BCUT2D eigenvalue weighted by Crippen LogP contribution is 2.24. The first kappa shape index (κ1) is 17.7. The van der Waals surface area contributed by atoms with Crippen LogP contribution in [0.2, 0.25) is 0 Å². The topological polar surface area (TPSA) is 30.0 Å². The fourth-order valence-corrected chi connectivity index (χ4v) is 4.55. The number of hydrogen-bond acceptors (Lipinski definition) is 4. The second kappa shape index (κ2) is 7.53. The molecule has 6 heteroatoms. The monoisotopic (exact) mass is 360 g/mol. The Hall–Kier alpha value is -1.66. The summed E-state index contributed by atoms with van der Waals surface area (Å²) in [5, 5.41) is 0. The van der Waals surface area contributed by atoms with E-state index in [-0.39, 0.29) is 11.7 Å². The summed E-state index contributed by atoms with van der Waals surface area (Å²) < 4.78 is 13.1. The van der Waals surface area contributed by atoms with Crippen LogP contribution in [0.5, 0.6) is 0 Å². The van der Waals surface area contributed by atoms with E-state index in [1.807, 2.05) is 17.0 Å². The smallest absolute Gasteiger partial charge is 0.219 e. The quantitative estimate of drug-likeness (QED) is 0.814. The lowest BCUT2D eigenvalue weighted by Gasteiger charge is -2.49. The summed E-state index contributed by atoms with van der Waals surface area (Å²) in [5.74, 6) is 0.693. The minimum absolute atomic E-state index is 0.171. The van der Waals surface area contributed by atoms with Crippen molar-refractivity contribution in [2.45, 2.75) is 19.4 Å². The van der Waals surface area contributed by atoms with Crippen molar-refractivity contribution in [1.82, 2.24) is 14.7 Å². The van der Waals surface area contributed by atoms with Crippen LogP contribution in [0.25, 0.3) is 0 Å². The zero-order valence-electron chi connectivity index (χ0n) is 15.6. The highest BCUT2D eigenvalue weighted by Gasteiger charge is 2.35. The molecule has 3 saturated heterocycles. The third-order valence-corrected chi connectivity index (χ3v) is 6.21. The van der Waals surface area contributed by atoms with Crippen molar-refractivity contribution in [2.24, 2.45) is 5.92 Å². The molecule has 26 heavy (non-hydrogen) atoms. The van der Waals surface area contributed by atoms with E-state index < -0.39 is 0 Å². The molecule has 4 rings (SSSR count). The second-order valence-corrected chi connectivity index (χ2v) is 7.99. The van der Waals surface area contributed by atoms with Crippen molar-refractivity contribution in [2.75, 3.05) is 63.8 Å². The molecule has 5 nitrogen and oxygen atoms in total. The average molecular weight is 360 g/mol. The van der Waals surface area contributed by atoms with Crippen molar-refractivity contribution in [1.29, 1.82) is 0 Å². The van der Waals surface area contributed by atoms with Gasteiger partial charge in [0.25, 0.3) is 0 Å². The zero-order valence-corrected chi connectivity index (χ0v) is 15.6. The molecule has 3 aliphatic heterocycles. The molecule has 1 atom stereocenters. The van der Waals surface area contributed by atoms with Crippen LogP contribution in [-0.4, -0.2) is 85.6 Å². The average Bonchev–Trinajstić information content (AvgIpc) is 3.08. The highest BCUT2D eigenvalue weighted by atomic mass is 19.1. The van der Waals surface area contributed by atoms with E-state index >= 15 is 0 Å². The first-order chi connectivity index (χ1) is 12.6. The molecule has 0 bridgehead atoms. The van der Waals surface area contributed by atoms with Gasteiger partial charge in [-0.25, -0.2) is 4.39 Å². The Morgan fingerprint density at radius 3 is 2.35 bits per heavy atom. The molecule has 0 aliphatic carbocycles. The SMILES string of the molecule is CC(=O)N1CCC(CN2CC(N3CCN(c4ccc(F)cc4)CC3)C2)C1. The molecule has 0 saturated carbocycles. The van der Waals surface area contributed by atoms with Gasteiger partial charge in [0.2, 0.25) is 5.91 Å². The Balaban J connectivity index is 1.18. The van der Waals surface area contributed by atoms with Crippen LogP contribution in [0.3, 0.4) is 0 Å². The Morgan fingerprint density at radius 1 is 1.04 bits per heavy atom. The molecule has 0 radical (unpaired) electrons. The first-order valence-corrected chi connectivity index (χ1v) is 9.81. The summed E-state index contributed by atoms with van der Waals surface area (Å²) in [6.07, 6.45) is 1.15. The van der Waals surface area contributed by atoms with Crippen molar-refractivity contribution >= 4 is 11.6 Å².